The predicted molar refractivity (Wildman–Crippen MR) is 118 cm³/mol. The second kappa shape index (κ2) is 6.36. The third-order valence-corrected chi connectivity index (χ3v) is 7.27. The molecule has 0 radical (unpaired) electrons. The molecule has 2 aliphatic heterocycles. The first-order valence-corrected chi connectivity index (χ1v) is 10.9. The summed E-state index contributed by atoms with van der Waals surface area (Å²) in [6.07, 6.45) is 0. The normalized spacial score (nSPS) is 14.0. The number of fused-ring (bicyclic) bond motifs is 4. The summed E-state index contributed by atoms with van der Waals surface area (Å²) in [5, 5.41) is 4.75. The van der Waals surface area contributed by atoms with Crippen molar-refractivity contribution in [3.8, 4) is 0 Å². The van der Waals surface area contributed by atoms with Gasteiger partial charge in [-0.2, -0.15) is 0 Å². The highest BCUT2D eigenvalue weighted by atomic mass is 32.2. The van der Waals surface area contributed by atoms with E-state index in [-0.39, 0.29) is 0 Å². The average Bonchev–Trinajstić information content (AvgIpc) is 2.76. The highest BCUT2D eigenvalue weighted by Gasteiger charge is 2.33. The van der Waals surface area contributed by atoms with Gasteiger partial charge in [0.2, 0.25) is 0 Å². The first-order valence-electron chi connectivity index (χ1n) is 9.22. The van der Waals surface area contributed by atoms with E-state index in [1.807, 2.05) is 23.5 Å². The van der Waals surface area contributed by atoms with Crippen molar-refractivity contribution < 1.29 is 0 Å². The SMILES string of the molecule is c1ccc2c(c1)Sc1ccccc1N2N1c2ccccc2Sc2ccccc21. The van der Waals surface area contributed by atoms with Gasteiger partial charge in [-0.3, -0.25) is 0 Å². The van der Waals surface area contributed by atoms with Gasteiger partial charge in [0, 0.05) is 19.6 Å². The second-order valence-electron chi connectivity index (χ2n) is 6.70. The first-order chi connectivity index (χ1) is 13.9. The largest absolute Gasteiger partial charge is 0.247 e. The summed E-state index contributed by atoms with van der Waals surface area (Å²) in [5.41, 5.74) is 4.84. The molecule has 2 nitrogen and oxygen atoms in total. The van der Waals surface area contributed by atoms with E-state index in [2.05, 4.69) is 107 Å². The molecule has 4 aromatic carbocycles. The van der Waals surface area contributed by atoms with E-state index in [9.17, 15) is 0 Å². The lowest BCUT2D eigenvalue weighted by atomic mass is 10.2. The van der Waals surface area contributed by atoms with Gasteiger partial charge in [0.05, 0.1) is 22.7 Å². The smallest absolute Gasteiger partial charge is 0.0776 e. The molecular weight excluding hydrogens is 380 g/mol. The molecule has 4 heteroatoms. The van der Waals surface area contributed by atoms with Gasteiger partial charge in [-0.15, -0.1) is 0 Å². The van der Waals surface area contributed by atoms with Crippen molar-refractivity contribution in [2.45, 2.75) is 19.6 Å². The summed E-state index contributed by atoms with van der Waals surface area (Å²) in [7, 11) is 0. The zero-order valence-electron chi connectivity index (χ0n) is 14.9. The molecule has 2 aliphatic rings. The fraction of sp³-hybridized carbons (Fsp3) is 0. The Balaban J connectivity index is 1.66. The molecule has 134 valence electrons. The van der Waals surface area contributed by atoms with Crippen molar-refractivity contribution in [1.29, 1.82) is 0 Å². The van der Waals surface area contributed by atoms with E-state index in [0.29, 0.717) is 0 Å². The number of anilines is 4. The number of benzene rings is 4. The number of para-hydroxylation sites is 4. The second-order valence-corrected chi connectivity index (χ2v) is 8.87. The monoisotopic (exact) mass is 396 g/mol. The Morgan fingerprint density at radius 3 is 0.893 bits per heavy atom. The summed E-state index contributed by atoms with van der Waals surface area (Å²) in [6.45, 7) is 0. The predicted octanol–water partition coefficient (Wildman–Crippen LogP) is 7.51. The number of nitrogens with zero attached hydrogens (tertiary/aromatic N) is 2. The van der Waals surface area contributed by atoms with Gasteiger partial charge in [0.15, 0.2) is 0 Å². The Bertz CT molecular complexity index is 1020. The highest BCUT2D eigenvalue weighted by molar-refractivity contribution is 8.00. The van der Waals surface area contributed by atoms with Crippen LogP contribution >= 0.6 is 23.5 Å². The van der Waals surface area contributed by atoms with E-state index in [1.54, 1.807) is 0 Å². The van der Waals surface area contributed by atoms with Crippen LogP contribution in [-0.2, 0) is 0 Å². The third kappa shape index (κ3) is 2.38. The van der Waals surface area contributed by atoms with Gasteiger partial charge in [-0.05, 0) is 48.5 Å². The van der Waals surface area contributed by atoms with Gasteiger partial charge in [-0.1, -0.05) is 72.1 Å². The van der Waals surface area contributed by atoms with Gasteiger partial charge in [0.25, 0.3) is 0 Å². The van der Waals surface area contributed by atoms with Crippen LogP contribution < -0.4 is 10.0 Å². The van der Waals surface area contributed by atoms with Crippen LogP contribution in [0, 0.1) is 0 Å². The first kappa shape index (κ1) is 16.2. The maximum absolute atomic E-state index is 2.37. The minimum absolute atomic E-state index is 1.21. The standard InChI is InChI=1S/C24H16N2S2/c1-5-13-21-17(9-1)25(18-10-2-6-14-22(18)27-21)26-19-11-3-7-15-23(19)28-24-16-8-4-12-20(24)26/h1-16H. The topological polar surface area (TPSA) is 6.48 Å². The van der Waals surface area contributed by atoms with Crippen molar-refractivity contribution >= 4 is 46.3 Å². The lowest BCUT2D eigenvalue weighted by molar-refractivity contribution is 0.921. The van der Waals surface area contributed by atoms with E-state index in [0.717, 1.165) is 0 Å². The molecular formula is C24H16N2S2. The number of rotatable bonds is 1. The van der Waals surface area contributed by atoms with Crippen molar-refractivity contribution in [3.63, 3.8) is 0 Å². The molecule has 0 aliphatic carbocycles. The van der Waals surface area contributed by atoms with E-state index < -0.39 is 0 Å². The van der Waals surface area contributed by atoms with Crippen LogP contribution in [0.25, 0.3) is 0 Å². The minimum Gasteiger partial charge on any atom is -0.247 e. The van der Waals surface area contributed by atoms with Crippen molar-refractivity contribution in [3.05, 3.63) is 97.1 Å². The molecule has 0 saturated carbocycles. The van der Waals surface area contributed by atoms with Crippen LogP contribution in [0.3, 0.4) is 0 Å². The summed E-state index contributed by atoms with van der Waals surface area (Å²) < 4.78 is 0. The van der Waals surface area contributed by atoms with Crippen LogP contribution in [-0.4, -0.2) is 0 Å². The maximum Gasteiger partial charge on any atom is 0.0776 e. The number of hydrogen-bond acceptors (Lipinski definition) is 4. The minimum atomic E-state index is 1.21. The molecule has 0 atom stereocenters. The Labute approximate surface area is 172 Å². The van der Waals surface area contributed by atoms with Crippen LogP contribution in [0.15, 0.2) is 117 Å². The summed E-state index contributed by atoms with van der Waals surface area (Å²) in [6, 6.07) is 34.6. The lowest BCUT2D eigenvalue weighted by Gasteiger charge is -2.44. The van der Waals surface area contributed by atoms with Crippen molar-refractivity contribution in [2.24, 2.45) is 0 Å². The molecule has 0 fully saturated rings. The summed E-state index contributed by atoms with van der Waals surface area (Å²) in [4.78, 5) is 5.09. The quantitative estimate of drug-likeness (QED) is 0.328. The number of hydrogen-bond donors (Lipinski definition) is 0. The number of hydrazine groups is 1. The molecule has 6 rings (SSSR count). The molecule has 0 N–H and O–H groups in total. The molecule has 0 amide bonds. The fourth-order valence-electron chi connectivity index (χ4n) is 3.80. The fourth-order valence-corrected chi connectivity index (χ4v) is 5.90. The Kier molecular flexibility index (Phi) is 3.67. The summed E-state index contributed by atoms with van der Waals surface area (Å²) >= 11 is 3.68. The van der Waals surface area contributed by atoms with Crippen LogP contribution in [0.1, 0.15) is 0 Å². The summed E-state index contributed by atoms with van der Waals surface area (Å²) in [5.74, 6) is 0. The highest BCUT2D eigenvalue weighted by Crippen LogP contribution is 2.55. The molecule has 2 heterocycles. The van der Waals surface area contributed by atoms with Crippen molar-refractivity contribution in [1.82, 2.24) is 0 Å². The van der Waals surface area contributed by atoms with Crippen molar-refractivity contribution in [2.75, 3.05) is 10.0 Å². The van der Waals surface area contributed by atoms with Crippen LogP contribution in [0.5, 0.6) is 0 Å². The van der Waals surface area contributed by atoms with Gasteiger partial charge < -0.3 is 0 Å². The molecule has 0 spiro atoms. The van der Waals surface area contributed by atoms with E-state index in [1.165, 1.54) is 42.3 Å². The molecule has 4 aromatic rings. The lowest BCUT2D eigenvalue weighted by Crippen LogP contribution is -2.38. The Morgan fingerprint density at radius 1 is 0.357 bits per heavy atom. The van der Waals surface area contributed by atoms with Gasteiger partial charge >= 0.3 is 0 Å². The van der Waals surface area contributed by atoms with Crippen LogP contribution in [0.4, 0.5) is 22.7 Å². The zero-order valence-corrected chi connectivity index (χ0v) is 16.6. The average molecular weight is 397 g/mol. The van der Waals surface area contributed by atoms with Crippen LogP contribution in [0.2, 0.25) is 0 Å². The Morgan fingerprint density at radius 2 is 0.607 bits per heavy atom. The third-order valence-electron chi connectivity index (χ3n) is 5.01. The zero-order chi connectivity index (χ0) is 18.5. The van der Waals surface area contributed by atoms with Gasteiger partial charge in [0.1, 0.15) is 0 Å². The molecule has 0 unspecified atom stereocenters. The van der Waals surface area contributed by atoms with E-state index in [4.69, 9.17) is 0 Å². The Hall–Kier alpha value is -2.82. The molecule has 0 saturated heterocycles. The van der Waals surface area contributed by atoms with E-state index >= 15 is 0 Å². The molecule has 28 heavy (non-hydrogen) atoms. The molecule has 0 bridgehead atoms. The molecule has 0 aromatic heterocycles. The maximum atomic E-state index is 2.37. The van der Waals surface area contributed by atoms with Gasteiger partial charge in [-0.25, -0.2) is 10.0 Å².